The fourth-order valence-corrected chi connectivity index (χ4v) is 2.78. The van der Waals surface area contributed by atoms with Gasteiger partial charge in [0.2, 0.25) is 5.91 Å². The molecule has 2 aromatic heterocycles. The Balaban J connectivity index is 2.02. The van der Waals surface area contributed by atoms with Gasteiger partial charge in [-0.1, -0.05) is 17.8 Å². The molecule has 0 unspecified atom stereocenters. The first-order valence-corrected chi connectivity index (χ1v) is 8.05. The van der Waals surface area contributed by atoms with E-state index in [0.717, 1.165) is 23.2 Å². The lowest BCUT2D eigenvalue weighted by molar-refractivity contribution is -0.118. The molecule has 0 fully saturated rings. The van der Waals surface area contributed by atoms with Crippen LogP contribution in [0.25, 0.3) is 0 Å². The van der Waals surface area contributed by atoms with Crippen molar-refractivity contribution in [3.63, 3.8) is 0 Å². The molecule has 0 aliphatic heterocycles. The van der Waals surface area contributed by atoms with E-state index < -0.39 is 0 Å². The van der Waals surface area contributed by atoms with Crippen LogP contribution in [0.15, 0.2) is 30.1 Å². The van der Waals surface area contributed by atoms with Crippen molar-refractivity contribution in [1.82, 2.24) is 29.9 Å². The number of hydrogen-bond acceptors (Lipinski definition) is 5. The zero-order chi connectivity index (χ0) is 15.9. The Bertz CT molecular complexity index is 648. The third-order valence-corrected chi connectivity index (χ3v) is 4.07. The molecule has 0 saturated heterocycles. The Labute approximate surface area is 133 Å². The van der Waals surface area contributed by atoms with Crippen molar-refractivity contribution in [2.75, 3.05) is 12.3 Å². The van der Waals surface area contributed by atoms with E-state index in [4.69, 9.17) is 0 Å². The minimum Gasteiger partial charge on any atom is -0.352 e. The van der Waals surface area contributed by atoms with E-state index in [1.165, 1.54) is 11.8 Å². The molecule has 0 spiro atoms. The third kappa shape index (κ3) is 3.97. The molecule has 118 valence electrons. The SMILES string of the molecule is C=CCNC(=O)CSc1nnc(Cn2nccc2C)n1CC. The number of nitrogens with zero attached hydrogens (tertiary/aromatic N) is 5. The van der Waals surface area contributed by atoms with Crippen molar-refractivity contribution in [2.24, 2.45) is 0 Å². The van der Waals surface area contributed by atoms with E-state index in [1.807, 2.05) is 29.2 Å². The van der Waals surface area contributed by atoms with Gasteiger partial charge in [0.1, 0.15) is 6.54 Å². The number of thioether (sulfide) groups is 1. The minimum absolute atomic E-state index is 0.0416. The van der Waals surface area contributed by atoms with E-state index >= 15 is 0 Å². The maximum Gasteiger partial charge on any atom is 0.230 e. The second-order valence-electron chi connectivity index (χ2n) is 4.65. The second-order valence-corrected chi connectivity index (χ2v) is 5.60. The van der Waals surface area contributed by atoms with Crippen LogP contribution in [0.3, 0.4) is 0 Å². The molecular formula is C14H20N6OS. The molecule has 2 rings (SSSR count). The first-order chi connectivity index (χ1) is 10.7. The summed E-state index contributed by atoms with van der Waals surface area (Å²) in [5.74, 6) is 1.11. The Morgan fingerprint density at radius 1 is 1.50 bits per heavy atom. The van der Waals surface area contributed by atoms with Gasteiger partial charge in [0.25, 0.3) is 0 Å². The van der Waals surface area contributed by atoms with Gasteiger partial charge in [-0.2, -0.15) is 5.10 Å². The fraction of sp³-hybridized carbons (Fsp3) is 0.429. The van der Waals surface area contributed by atoms with Crippen LogP contribution in [0.4, 0.5) is 0 Å². The highest BCUT2D eigenvalue weighted by Crippen LogP contribution is 2.17. The van der Waals surface area contributed by atoms with Gasteiger partial charge in [0.15, 0.2) is 11.0 Å². The smallest absolute Gasteiger partial charge is 0.230 e. The molecule has 0 aromatic carbocycles. The zero-order valence-electron chi connectivity index (χ0n) is 12.8. The summed E-state index contributed by atoms with van der Waals surface area (Å²) in [6.45, 7) is 9.40. The van der Waals surface area contributed by atoms with E-state index in [0.29, 0.717) is 18.8 Å². The van der Waals surface area contributed by atoms with Gasteiger partial charge < -0.3 is 9.88 Å². The number of nitrogens with one attached hydrogen (secondary N) is 1. The van der Waals surface area contributed by atoms with Crippen molar-refractivity contribution in [2.45, 2.75) is 32.1 Å². The minimum atomic E-state index is -0.0416. The fourth-order valence-electron chi connectivity index (χ4n) is 1.93. The van der Waals surface area contributed by atoms with Crippen molar-refractivity contribution < 1.29 is 4.79 Å². The van der Waals surface area contributed by atoms with Crippen LogP contribution in [0.5, 0.6) is 0 Å². The first-order valence-electron chi connectivity index (χ1n) is 7.06. The Morgan fingerprint density at radius 2 is 2.32 bits per heavy atom. The largest absolute Gasteiger partial charge is 0.352 e. The molecule has 1 N–H and O–H groups in total. The molecule has 2 aromatic rings. The van der Waals surface area contributed by atoms with Crippen molar-refractivity contribution in [3.05, 3.63) is 36.4 Å². The molecule has 0 aliphatic carbocycles. The highest BCUT2D eigenvalue weighted by molar-refractivity contribution is 7.99. The lowest BCUT2D eigenvalue weighted by Gasteiger charge is -2.08. The lowest BCUT2D eigenvalue weighted by Crippen LogP contribution is -2.25. The summed E-state index contributed by atoms with van der Waals surface area (Å²) in [5.41, 5.74) is 1.07. The van der Waals surface area contributed by atoms with Gasteiger partial charge in [-0.05, 0) is 19.9 Å². The van der Waals surface area contributed by atoms with Crippen LogP contribution in [-0.4, -0.2) is 42.7 Å². The van der Waals surface area contributed by atoms with E-state index in [2.05, 4.69) is 27.2 Å². The standard InChI is InChI=1S/C14H20N6OS/c1-4-7-15-13(21)10-22-14-18-17-12(19(14)5-2)9-20-11(3)6-8-16-20/h4,6,8H,1,5,7,9-10H2,2-3H3,(H,15,21). The maximum absolute atomic E-state index is 11.6. The molecule has 1 amide bonds. The zero-order valence-corrected chi connectivity index (χ0v) is 13.6. The van der Waals surface area contributed by atoms with Crippen LogP contribution < -0.4 is 5.32 Å². The monoisotopic (exact) mass is 320 g/mol. The number of aromatic nitrogens is 5. The first kappa shape index (κ1) is 16.3. The van der Waals surface area contributed by atoms with Crippen LogP contribution in [0.1, 0.15) is 18.4 Å². The number of aryl methyl sites for hydroxylation is 1. The van der Waals surface area contributed by atoms with Gasteiger partial charge in [-0.3, -0.25) is 9.48 Å². The van der Waals surface area contributed by atoms with E-state index in [9.17, 15) is 4.79 Å². The van der Waals surface area contributed by atoms with Crippen LogP contribution in [0, 0.1) is 6.92 Å². The third-order valence-electron chi connectivity index (χ3n) is 3.11. The van der Waals surface area contributed by atoms with Crippen molar-refractivity contribution >= 4 is 17.7 Å². The summed E-state index contributed by atoms with van der Waals surface area (Å²) in [7, 11) is 0. The normalized spacial score (nSPS) is 10.6. The Morgan fingerprint density at radius 3 is 2.95 bits per heavy atom. The van der Waals surface area contributed by atoms with Gasteiger partial charge in [0, 0.05) is 25.0 Å². The molecule has 8 heteroatoms. The number of carbonyl (C=O) groups is 1. The predicted octanol–water partition coefficient (Wildman–Crippen LogP) is 1.25. The summed E-state index contributed by atoms with van der Waals surface area (Å²) in [6, 6.07) is 1.95. The average molecular weight is 320 g/mol. The van der Waals surface area contributed by atoms with Gasteiger partial charge in [-0.15, -0.1) is 16.8 Å². The number of amides is 1. The van der Waals surface area contributed by atoms with Gasteiger partial charge in [-0.25, -0.2) is 0 Å². The molecular weight excluding hydrogens is 300 g/mol. The Kier molecular flexibility index (Phi) is 5.76. The van der Waals surface area contributed by atoms with Gasteiger partial charge in [0.05, 0.1) is 5.75 Å². The van der Waals surface area contributed by atoms with E-state index in [-0.39, 0.29) is 5.91 Å². The van der Waals surface area contributed by atoms with E-state index in [1.54, 1.807) is 12.3 Å². The quantitative estimate of drug-likeness (QED) is 0.585. The summed E-state index contributed by atoms with van der Waals surface area (Å²) >= 11 is 1.38. The van der Waals surface area contributed by atoms with Crippen molar-refractivity contribution in [1.29, 1.82) is 0 Å². The predicted molar refractivity (Wildman–Crippen MR) is 85.7 cm³/mol. The summed E-state index contributed by atoms with van der Waals surface area (Å²) in [5, 5.41) is 16.2. The molecule has 22 heavy (non-hydrogen) atoms. The molecule has 2 heterocycles. The molecule has 0 saturated carbocycles. The second kappa shape index (κ2) is 7.79. The molecule has 0 aliphatic rings. The van der Waals surface area contributed by atoms with Crippen LogP contribution >= 0.6 is 11.8 Å². The summed E-state index contributed by atoms with van der Waals surface area (Å²) in [6.07, 6.45) is 3.42. The average Bonchev–Trinajstić information content (AvgIpc) is 3.09. The number of hydrogen-bond donors (Lipinski definition) is 1. The summed E-state index contributed by atoms with van der Waals surface area (Å²) in [4.78, 5) is 11.6. The van der Waals surface area contributed by atoms with Crippen molar-refractivity contribution in [3.8, 4) is 0 Å². The number of rotatable bonds is 8. The molecule has 0 bridgehead atoms. The lowest BCUT2D eigenvalue weighted by atomic mass is 10.4. The Hall–Kier alpha value is -2.09. The van der Waals surface area contributed by atoms with Crippen LogP contribution in [-0.2, 0) is 17.9 Å². The maximum atomic E-state index is 11.6. The molecule has 0 atom stereocenters. The molecule has 0 radical (unpaired) electrons. The summed E-state index contributed by atoms with van der Waals surface area (Å²) < 4.78 is 3.88. The topological polar surface area (TPSA) is 77.6 Å². The number of carbonyl (C=O) groups excluding carboxylic acids is 1. The molecule has 7 nitrogen and oxygen atoms in total. The van der Waals surface area contributed by atoms with Gasteiger partial charge >= 0.3 is 0 Å². The highest BCUT2D eigenvalue weighted by Gasteiger charge is 2.14. The van der Waals surface area contributed by atoms with Crippen LogP contribution in [0.2, 0.25) is 0 Å². The highest BCUT2D eigenvalue weighted by atomic mass is 32.2.